The zero-order chi connectivity index (χ0) is 11.5. The third-order valence-corrected chi connectivity index (χ3v) is 4.46. The summed E-state index contributed by atoms with van der Waals surface area (Å²) < 4.78 is 0. The molecule has 2 rings (SSSR count). The largest absolute Gasteiger partial charge is 0.316 e. The van der Waals surface area contributed by atoms with Crippen LogP contribution in [0, 0.1) is 11.8 Å². The molecular formula is C13H27N3. The van der Waals surface area contributed by atoms with Gasteiger partial charge in [0, 0.05) is 12.6 Å². The molecule has 1 N–H and O–H groups in total. The SMILES string of the molecule is CC1CNCC1CN1CCC(N(C)C)CC1. The van der Waals surface area contributed by atoms with Crippen molar-refractivity contribution >= 4 is 0 Å². The van der Waals surface area contributed by atoms with Crippen LogP contribution >= 0.6 is 0 Å². The van der Waals surface area contributed by atoms with Crippen molar-refractivity contribution in [3.8, 4) is 0 Å². The third-order valence-electron chi connectivity index (χ3n) is 4.46. The maximum atomic E-state index is 3.50. The maximum absolute atomic E-state index is 3.50. The molecule has 2 atom stereocenters. The Hall–Kier alpha value is -0.120. The average molecular weight is 225 g/mol. The van der Waals surface area contributed by atoms with Gasteiger partial charge < -0.3 is 15.1 Å². The zero-order valence-electron chi connectivity index (χ0n) is 11.1. The van der Waals surface area contributed by atoms with Crippen molar-refractivity contribution < 1.29 is 0 Å². The normalized spacial score (nSPS) is 33.8. The van der Waals surface area contributed by atoms with Gasteiger partial charge in [0.25, 0.3) is 0 Å². The van der Waals surface area contributed by atoms with E-state index in [1.165, 1.54) is 45.6 Å². The predicted octanol–water partition coefficient (Wildman–Crippen LogP) is 0.868. The molecular weight excluding hydrogens is 198 g/mol. The minimum Gasteiger partial charge on any atom is -0.316 e. The van der Waals surface area contributed by atoms with E-state index in [0.29, 0.717) is 0 Å². The van der Waals surface area contributed by atoms with Gasteiger partial charge in [-0.05, 0) is 65.0 Å². The summed E-state index contributed by atoms with van der Waals surface area (Å²) in [5.41, 5.74) is 0. The van der Waals surface area contributed by atoms with Gasteiger partial charge in [-0.1, -0.05) is 6.92 Å². The number of nitrogens with zero attached hydrogens (tertiary/aromatic N) is 2. The van der Waals surface area contributed by atoms with Gasteiger partial charge in [-0.15, -0.1) is 0 Å². The Balaban J connectivity index is 1.72. The van der Waals surface area contributed by atoms with Crippen molar-refractivity contribution in [3.63, 3.8) is 0 Å². The molecule has 0 aromatic carbocycles. The standard InChI is InChI=1S/C13H27N3/c1-11-8-14-9-12(11)10-16-6-4-13(5-7-16)15(2)3/h11-14H,4-10H2,1-3H3. The lowest BCUT2D eigenvalue weighted by molar-refractivity contribution is 0.126. The van der Waals surface area contributed by atoms with E-state index in [9.17, 15) is 0 Å². The summed E-state index contributed by atoms with van der Waals surface area (Å²) >= 11 is 0. The van der Waals surface area contributed by atoms with E-state index >= 15 is 0 Å². The Morgan fingerprint density at radius 2 is 1.88 bits per heavy atom. The summed E-state index contributed by atoms with van der Waals surface area (Å²) in [5.74, 6) is 1.75. The van der Waals surface area contributed by atoms with Crippen LogP contribution < -0.4 is 5.32 Å². The van der Waals surface area contributed by atoms with E-state index in [1.807, 2.05) is 0 Å². The highest BCUT2D eigenvalue weighted by molar-refractivity contribution is 4.83. The Morgan fingerprint density at radius 1 is 1.19 bits per heavy atom. The smallest absolute Gasteiger partial charge is 0.0113 e. The molecule has 0 bridgehead atoms. The number of hydrogen-bond donors (Lipinski definition) is 1. The monoisotopic (exact) mass is 225 g/mol. The van der Waals surface area contributed by atoms with E-state index in [1.54, 1.807) is 0 Å². The molecule has 3 heteroatoms. The molecule has 2 heterocycles. The highest BCUT2D eigenvalue weighted by Gasteiger charge is 2.27. The number of likely N-dealkylation sites (tertiary alicyclic amines) is 1. The number of hydrogen-bond acceptors (Lipinski definition) is 3. The number of rotatable bonds is 3. The zero-order valence-corrected chi connectivity index (χ0v) is 11.1. The van der Waals surface area contributed by atoms with Crippen molar-refractivity contribution in [2.24, 2.45) is 11.8 Å². The second-order valence-electron chi connectivity index (χ2n) is 5.89. The lowest BCUT2D eigenvalue weighted by Crippen LogP contribution is -2.44. The molecule has 3 nitrogen and oxygen atoms in total. The minimum atomic E-state index is 0.815. The molecule has 0 aromatic rings. The first-order valence-corrected chi connectivity index (χ1v) is 6.76. The fourth-order valence-electron chi connectivity index (χ4n) is 3.06. The first kappa shape index (κ1) is 12.3. The van der Waals surface area contributed by atoms with Crippen LogP contribution in [0.1, 0.15) is 19.8 Å². The molecule has 94 valence electrons. The van der Waals surface area contributed by atoms with Crippen molar-refractivity contribution in [2.45, 2.75) is 25.8 Å². The first-order chi connectivity index (χ1) is 7.66. The Bertz CT molecular complexity index is 209. The lowest BCUT2D eigenvalue weighted by Gasteiger charge is -2.36. The van der Waals surface area contributed by atoms with Gasteiger partial charge in [-0.2, -0.15) is 0 Å². The van der Waals surface area contributed by atoms with Gasteiger partial charge in [0.05, 0.1) is 0 Å². The molecule has 0 radical (unpaired) electrons. The van der Waals surface area contributed by atoms with Crippen LogP contribution in [0.4, 0.5) is 0 Å². The summed E-state index contributed by atoms with van der Waals surface area (Å²) in [6.45, 7) is 8.75. The highest BCUT2D eigenvalue weighted by Crippen LogP contribution is 2.20. The molecule has 2 saturated heterocycles. The highest BCUT2D eigenvalue weighted by atomic mass is 15.2. The summed E-state index contributed by atoms with van der Waals surface area (Å²) in [7, 11) is 4.42. The molecule has 2 unspecified atom stereocenters. The Kier molecular flexibility index (Phi) is 4.22. The van der Waals surface area contributed by atoms with Gasteiger partial charge in [0.2, 0.25) is 0 Å². The molecule has 0 spiro atoms. The van der Waals surface area contributed by atoms with Crippen molar-refractivity contribution in [2.75, 3.05) is 46.8 Å². The molecule has 0 aliphatic carbocycles. The molecule has 2 aliphatic rings. The Labute approximate surface area is 100 Å². The second kappa shape index (κ2) is 5.48. The quantitative estimate of drug-likeness (QED) is 0.769. The fourth-order valence-corrected chi connectivity index (χ4v) is 3.06. The second-order valence-corrected chi connectivity index (χ2v) is 5.89. The minimum absolute atomic E-state index is 0.815. The number of nitrogens with one attached hydrogen (secondary N) is 1. The van der Waals surface area contributed by atoms with Crippen LogP contribution in [0.2, 0.25) is 0 Å². The summed E-state index contributed by atoms with van der Waals surface area (Å²) in [4.78, 5) is 5.06. The molecule has 0 aromatic heterocycles. The van der Waals surface area contributed by atoms with Crippen LogP contribution in [0.3, 0.4) is 0 Å². The van der Waals surface area contributed by atoms with E-state index in [0.717, 1.165) is 17.9 Å². The number of piperidine rings is 1. The van der Waals surface area contributed by atoms with E-state index < -0.39 is 0 Å². The van der Waals surface area contributed by atoms with E-state index in [-0.39, 0.29) is 0 Å². The van der Waals surface area contributed by atoms with Crippen LogP contribution in [-0.4, -0.2) is 62.7 Å². The molecule has 0 amide bonds. The predicted molar refractivity (Wildman–Crippen MR) is 68.7 cm³/mol. The van der Waals surface area contributed by atoms with Gasteiger partial charge in [0.1, 0.15) is 0 Å². The van der Waals surface area contributed by atoms with Crippen molar-refractivity contribution in [1.82, 2.24) is 15.1 Å². The lowest BCUT2D eigenvalue weighted by atomic mass is 9.96. The average Bonchev–Trinajstić information content (AvgIpc) is 2.65. The fraction of sp³-hybridized carbons (Fsp3) is 1.00. The Morgan fingerprint density at radius 3 is 2.38 bits per heavy atom. The molecule has 2 aliphatic heterocycles. The topological polar surface area (TPSA) is 18.5 Å². The van der Waals surface area contributed by atoms with E-state index in [4.69, 9.17) is 0 Å². The van der Waals surface area contributed by atoms with Crippen LogP contribution in [0.5, 0.6) is 0 Å². The van der Waals surface area contributed by atoms with E-state index in [2.05, 4.69) is 36.1 Å². The van der Waals surface area contributed by atoms with Gasteiger partial charge >= 0.3 is 0 Å². The summed E-state index contributed by atoms with van der Waals surface area (Å²) in [6, 6.07) is 0.815. The van der Waals surface area contributed by atoms with Crippen LogP contribution in [0.15, 0.2) is 0 Å². The maximum Gasteiger partial charge on any atom is 0.0113 e. The van der Waals surface area contributed by atoms with Crippen LogP contribution in [0.25, 0.3) is 0 Å². The van der Waals surface area contributed by atoms with Crippen molar-refractivity contribution in [3.05, 3.63) is 0 Å². The van der Waals surface area contributed by atoms with Crippen molar-refractivity contribution in [1.29, 1.82) is 0 Å². The van der Waals surface area contributed by atoms with Crippen LogP contribution in [-0.2, 0) is 0 Å². The van der Waals surface area contributed by atoms with Gasteiger partial charge in [-0.25, -0.2) is 0 Å². The molecule has 2 fully saturated rings. The van der Waals surface area contributed by atoms with Gasteiger partial charge in [0.15, 0.2) is 0 Å². The summed E-state index contributed by atoms with van der Waals surface area (Å²) in [5, 5.41) is 3.50. The third kappa shape index (κ3) is 2.96. The molecule has 16 heavy (non-hydrogen) atoms. The summed E-state index contributed by atoms with van der Waals surface area (Å²) in [6.07, 6.45) is 2.70. The molecule has 0 saturated carbocycles. The first-order valence-electron chi connectivity index (χ1n) is 6.76. The van der Waals surface area contributed by atoms with Gasteiger partial charge in [-0.3, -0.25) is 0 Å².